The third-order valence-corrected chi connectivity index (χ3v) is 4.14. The third-order valence-electron chi connectivity index (χ3n) is 2.66. The van der Waals surface area contributed by atoms with Crippen LogP contribution in [0.5, 0.6) is 0 Å². The van der Waals surface area contributed by atoms with Crippen molar-refractivity contribution in [3.05, 3.63) is 33.6 Å². The molecule has 1 N–H and O–H groups in total. The van der Waals surface area contributed by atoms with Crippen LogP contribution in [0.25, 0.3) is 10.1 Å². The molecule has 1 amide bonds. The topological polar surface area (TPSA) is 29.1 Å². The molecule has 1 aromatic heterocycles. The SMILES string of the molecule is CCC(=O)NCCc1csc2cc(Br)ccc12. The molecule has 1 heterocycles. The van der Waals surface area contributed by atoms with Gasteiger partial charge >= 0.3 is 0 Å². The van der Waals surface area contributed by atoms with E-state index in [1.165, 1.54) is 15.6 Å². The number of benzene rings is 1. The van der Waals surface area contributed by atoms with E-state index in [0.29, 0.717) is 13.0 Å². The van der Waals surface area contributed by atoms with Crippen molar-refractivity contribution >= 4 is 43.3 Å². The Hall–Kier alpha value is -0.870. The molecule has 2 rings (SSSR count). The lowest BCUT2D eigenvalue weighted by Gasteiger charge is -2.02. The van der Waals surface area contributed by atoms with Gasteiger partial charge in [-0.2, -0.15) is 0 Å². The quantitative estimate of drug-likeness (QED) is 0.915. The van der Waals surface area contributed by atoms with E-state index in [0.717, 1.165) is 10.9 Å². The van der Waals surface area contributed by atoms with Crippen LogP contribution in [-0.4, -0.2) is 12.5 Å². The second-order valence-electron chi connectivity index (χ2n) is 3.85. The molecular weight excluding hydrogens is 298 g/mol. The van der Waals surface area contributed by atoms with Crippen LogP contribution in [0.2, 0.25) is 0 Å². The largest absolute Gasteiger partial charge is 0.356 e. The van der Waals surface area contributed by atoms with Gasteiger partial charge < -0.3 is 5.32 Å². The highest BCUT2D eigenvalue weighted by Crippen LogP contribution is 2.28. The zero-order chi connectivity index (χ0) is 12.3. The van der Waals surface area contributed by atoms with Crippen LogP contribution in [0.1, 0.15) is 18.9 Å². The fraction of sp³-hybridized carbons (Fsp3) is 0.308. The van der Waals surface area contributed by atoms with Gasteiger partial charge in [-0.15, -0.1) is 11.3 Å². The van der Waals surface area contributed by atoms with Crippen LogP contribution in [0.15, 0.2) is 28.1 Å². The third kappa shape index (κ3) is 3.07. The lowest BCUT2D eigenvalue weighted by Crippen LogP contribution is -2.24. The van der Waals surface area contributed by atoms with Crippen LogP contribution in [-0.2, 0) is 11.2 Å². The Labute approximate surface area is 113 Å². The molecule has 0 aliphatic heterocycles. The van der Waals surface area contributed by atoms with Crippen LogP contribution < -0.4 is 5.32 Å². The maximum absolute atomic E-state index is 11.1. The number of nitrogens with one attached hydrogen (secondary N) is 1. The molecule has 4 heteroatoms. The highest BCUT2D eigenvalue weighted by Gasteiger charge is 2.04. The Morgan fingerprint density at radius 1 is 1.47 bits per heavy atom. The van der Waals surface area contributed by atoms with Gasteiger partial charge in [0.05, 0.1) is 0 Å². The molecule has 1 aromatic carbocycles. The van der Waals surface area contributed by atoms with Crippen molar-refractivity contribution in [2.75, 3.05) is 6.54 Å². The summed E-state index contributed by atoms with van der Waals surface area (Å²) < 4.78 is 2.40. The molecule has 0 saturated heterocycles. The molecule has 0 aliphatic rings. The van der Waals surface area contributed by atoms with Gasteiger partial charge in [0, 0.05) is 22.1 Å². The van der Waals surface area contributed by atoms with E-state index < -0.39 is 0 Å². The number of hydrogen-bond acceptors (Lipinski definition) is 2. The molecule has 2 aromatic rings. The predicted molar refractivity (Wildman–Crippen MR) is 76.5 cm³/mol. The first kappa shape index (κ1) is 12.6. The second-order valence-corrected chi connectivity index (χ2v) is 5.68. The Balaban J connectivity index is 2.06. The Morgan fingerprint density at radius 3 is 3.06 bits per heavy atom. The van der Waals surface area contributed by atoms with Crippen molar-refractivity contribution < 1.29 is 4.79 Å². The smallest absolute Gasteiger partial charge is 0.219 e. The van der Waals surface area contributed by atoms with Crippen molar-refractivity contribution in [1.82, 2.24) is 5.32 Å². The van der Waals surface area contributed by atoms with E-state index in [4.69, 9.17) is 0 Å². The number of halogens is 1. The molecule has 90 valence electrons. The maximum atomic E-state index is 11.1. The minimum Gasteiger partial charge on any atom is -0.356 e. The summed E-state index contributed by atoms with van der Waals surface area (Å²) in [5.41, 5.74) is 1.31. The highest BCUT2D eigenvalue weighted by molar-refractivity contribution is 9.10. The summed E-state index contributed by atoms with van der Waals surface area (Å²) in [6, 6.07) is 6.32. The van der Waals surface area contributed by atoms with E-state index in [2.05, 4.69) is 44.8 Å². The zero-order valence-corrected chi connectivity index (χ0v) is 12.0. The normalized spacial score (nSPS) is 10.7. The second kappa shape index (κ2) is 5.65. The molecule has 0 atom stereocenters. The number of carbonyl (C=O) groups excluding carboxylic acids is 1. The number of amides is 1. The van der Waals surface area contributed by atoms with Crippen molar-refractivity contribution in [1.29, 1.82) is 0 Å². The van der Waals surface area contributed by atoms with Crippen molar-refractivity contribution in [3.63, 3.8) is 0 Å². The molecular formula is C13H14BrNOS. The minimum absolute atomic E-state index is 0.118. The number of thiophene rings is 1. The molecule has 0 spiro atoms. The molecule has 0 fully saturated rings. The molecule has 0 bridgehead atoms. The van der Waals surface area contributed by atoms with Gasteiger partial charge in [-0.1, -0.05) is 28.9 Å². The number of carbonyl (C=O) groups is 1. The summed E-state index contributed by atoms with van der Waals surface area (Å²) in [6.45, 7) is 2.58. The van der Waals surface area contributed by atoms with Gasteiger partial charge in [0.1, 0.15) is 0 Å². The van der Waals surface area contributed by atoms with Crippen LogP contribution >= 0.6 is 27.3 Å². The molecule has 2 nitrogen and oxygen atoms in total. The molecule has 0 aliphatic carbocycles. The molecule has 0 unspecified atom stereocenters. The highest BCUT2D eigenvalue weighted by atomic mass is 79.9. The summed E-state index contributed by atoms with van der Waals surface area (Å²) in [5.74, 6) is 0.118. The molecule has 17 heavy (non-hydrogen) atoms. The monoisotopic (exact) mass is 311 g/mol. The van der Waals surface area contributed by atoms with Gasteiger partial charge in [-0.25, -0.2) is 0 Å². The van der Waals surface area contributed by atoms with Crippen LogP contribution in [0, 0.1) is 0 Å². The number of rotatable bonds is 4. The number of hydrogen-bond donors (Lipinski definition) is 1. The van der Waals surface area contributed by atoms with Gasteiger partial charge in [0.15, 0.2) is 0 Å². The first-order valence-corrected chi connectivity index (χ1v) is 7.30. The summed E-state index contributed by atoms with van der Waals surface area (Å²) in [6.07, 6.45) is 1.45. The Morgan fingerprint density at radius 2 is 2.29 bits per heavy atom. The summed E-state index contributed by atoms with van der Waals surface area (Å²) >= 11 is 5.22. The van der Waals surface area contributed by atoms with Crippen molar-refractivity contribution in [2.24, 2.45) is 0 Å². The van der Waals surface area contributed by atoms with E-state index >= 15 is 0 Å². The minimum atomic E-state index is 0.118. The zero-order valence-electron chi connectivity index (χ0n) is 9.63. The standard InChI is InChI=1S/C13H14BrNOS/c1-2-13(16)15-6-5-9-8-17-12-7-10(14)3-4-11(9)12/h3-4,7-8H,2,5-6H2,1H3,(H,15,16). The fourth-order valence-electron chi connectivity index (χ4n) is 1.71. The predicted octanol–water partition coefficient (Wildman–Crippen LogP) is 3.73. The van der Waals surface area contributed by atoms with Crippen LogP contribution in [0.3, 0.4) is 0 Å². The fourth-order valence-corrected chi connectivity index (χ4v) is 3.26. The van der Waals surface area contributed by atoms with E-state index in [1.54, 1.807) is 11.3 Å². The summed E-state index contributed by atoms with van der Waals surface area (Å²) in [4.78, 5) is 11.1. The molecule has 0 saturated carbocycles. The van der Waals surface area contributed by atoms with Crippen molar-refractivity contribution in [2.45, 2.75) is 19.8 Å². The molecule has 0 radical (unpaired) electrons. The maximum Gasteiger partial charge on any atom is 0.219 e. The first-order valence-electron chi connectivity index (χ1n) is 5.63. The van der Waals surface area contributed by atoms with Gasteiger partial charge in [-0.3, -0.25) is 4.79 Å². The lowest BCUT2D eigenvalue weighted by atomic mass is 10.1. The van der Waals surface area contributed by atoms with E-state index in [9.17, 15) is 4.79 Å². The number of fused-ring (bicyclic) bond motifs is 1. The lowest BCUT2D eigenvalue weighted by molar-refractivity contribution is -0.120. The van der Waals surface area contributed by atoms with E-state index in [-0.39, 0.29) is 5.91 Å². The van der Waals surface area contributed by atoms with Crippen LogP contribution in [0.4, 0.5) is 0 Å². The van der Waals surface area contributed by atoms with E-state index in [1.807, 2.05) is 6.92 Å². The average Bonchev–Trinajstić information content (AvgIpc) is 2.71. The van der Waals surface area contributed by atoms with Gasteiger partial charge in [0.25, 0.3) is 0 Å². The van der Waals surface area contributed by atoms with Crippen molar-refractivity contribution in [3.8, 4) is 0 Å². The summed E-state index contributed by atoms with van der Waals surface area (Å²) in [5, 5.41) is 6.37. The average molecular weight is 312 g/mol. The Bertz CT molecular complexity index is 535. The first-order chi connectivity index (χ1) is 8.20. The van der Waals surface area contributed by atoms with Gasteiger partial charge in [-0.05, 0) is 34.9 Å². The summed E-state index contributed by atoms with van der Waals surface area (Å²) in [7, 11) is 0. The Kier molecular flexibility index (Phi) is 4.18. The van der Waals surface area contributed by atoms with Gasteiger partial charge in [0.2, 0.25) is 5.91 Å².